The number of carboxylic acid groups (broad SMARTS) is 1. The van der Waals surface area contributed by atoms with Crippen LogP contribution in [0.3, 0.4) is 0 Å². The zero-order valence-electron chi connectivity index (χ0n) is 8.18. The Labute approximate surface area is 96.7 Å². The predicted molar refractivity (Wildman–Crippen MR) is 57.3 cm³/mol. The molecule has 0 saturated carbocycles. The molecule has 1 amide bonds. The average molecular weight is 244 g/mol. The first-order chi connectivity index (χ1) is 7.54. The monoisotopic (exact) mass is 243 g/mol. The van der Waals surface area contributed by atoms with E-state index in [1.54, 1.807) is 0 Å². The lowest BCUT2D eigenvalue weighted by Crippen LogP contribution is -2.34. The molecule has 1 rings (SSSR count). The van der Waals surface area contributed by atoms with Crippen molar-refractivity contribution in [2.45, 2.75) is 6.04 Å². The van der Waals surface area contributed by atoms with Crippen LogP contribution in [0, 0.1) is 0 Å². The van der Waals surface area contributed by atoms with Crippen molar-refractivity contribution >= 4 is 23.5 Å². The Morgan fingerprint density at radius 3 is 2.31 bits per heavy atom. The molecule has 0 fully saturated rings. The van der Waals surface area contributed by atoms with Gasteiger partial charge >= 0.3 is 5.97 Å². The number of alkyl halides is 1. The number of carbonyl (C=O) groups is 2. The number of aromatic hydroxyl groups is 1. The number of carbonyl (C=O) groups excluding carboxylic acids is 1. The van der Waals surface area contributed by atoms with Crippen molar-refractivity contribution in [1.29, 1.82) is 0 Å². The largest absolute Gasteiger partial charge is 0.508 e. The summed E-state index contributed by atoms with van der Waals surface area (Å²) >= 11 is 5.27. The van der Waals surface area contributed by atoms with Crippen LogP contribution in [-0.2, 0) is 9.59 Å². The number of nitrogens with one attached hydrogen (secondary N) is 1. The van der Waals surface area contributed by atoms with Crippen LogP contribution < -0.4 is 5.32 Å². The molecule has 3 N–H and O–H groups in total. The second-order valence-electron chi connectivity index (χ2n) is 3.06. The van der Waals surface area contributed by atoms with Gasteiger partial charge < -0.3 is 15.5 Å². The van der Waals surface area contributed by atoms with Crippen LogP contribution in [0.5, 0.6) is 5.75 Å². The number of benzene rings is 1. The summed E-state index contributed by atoms with van der Waals surface area (Å²) in [5.74, 6) is -2.04. The lowest BCUT2D eigenvalue weighted by Gasteiger charge is -2.13. The Balaban J connectivity index is 2.89. The molecule has 1 aromatic carbocycles. The summed E-state index contributed by atoms with van der Waals surface area (Å²) in [7, 11) is 0. The minimum absolute atomic E-state index is 0.0246. The van der Waals surface area contributed by atoms with Crippen molar-refractivity contribution in [2.24, 2.45) is 0 Å². The van der Waals surface area contributed by atoms with Crippen LogP contribution >= 0.6 is 11.6 Å². The van der Waals surface area contributed by atoms with Gasteiger partial charge in [-0.3, -0.25) is 4.79 Å². The molecule has 0 bridgehead atoms. The van der Waals surface area contributed by atoms with Gasteiger partial charge in [0.1, 0.15) is 11.6 Å². The standard InChI is InChI=1S/C10H10ClNO4/c11-5-8(14)12-9(10(15)16)6-1-3-7(13)4-2-6/h1-4,9,13H,5H2,(H,12,14)(H,15,16). The molecule has 86 valence electrons. The number of amides is 1. The molecule has 0 heterocycles. The molecule has 1 atom stereocenters. The molecule has 1 aromatic rings. The third kappa shape index (κ3) is 3.13. The fourth-order valence-corrected chi connectivity index (χ4v) is 1.23. The normalized spacial score (nSPS) is 11.8. The zero-order chi connectivity index (χ0) is 12.1. The number of phenols is 1. The van der Waals surface area contributed by atoms with Crippen molar-refractivity contribution in [2.75, 3.05) is 5.88 Å². The second-order valence-corrected chi connectivity index (χ2v) is 3.33. The lowest BCUT2D eigenvalue weighted by molar-refractivity contribution is -0.141. The molecule has 0 saturated heterocycles. The average Bonchev–Trinajstić information content (AvgIpc) is 2.26. The molecule has 0 spiro atoms. The van der Waals surface area contributed by atoms with E-state index >= 15 is 0 Å². The highest BCUT2D eigenvalue weighted by molar-refractivity contribution is 6.27. The van der Waals surface area contributed by atoms with Gasteiger partial charge in [-0.15, -0.1) is 11.6 Å². The lowest BCUT2D eigenvalue weighted by atomic mass is 10.1. The van der Waals surface area contributed by atoms with Crippen LogP contribution in [0.25, 0.3) is 0 Å². The van der Waals surface area contributed by atoms with E-state index in [4.69, 9.17) is 21.8 Å². The Hall–Kier alpha value is -1.75. The van der Waals surface area contributed by atoms with Crippen LogP contribution in [0.4, 0.5) is 0 Å². The number of rotatable bonds is 4. The molecule has 0 aliphatic carbocycles. The van der Waals surface area contributed by atoms with Gasteiger partial charge in [0.2, 0.25) is 5.91 Å². The highest BCUT2D eigenvalue weighted by Crippen LogP contribution is 2.17. The fourth-order valence-electron chi connectivity index (χ4n) is 1.15. The Morgan fingerprint density at radius 2 is 1.88 bits per heavy atom. The molecule has 0 aromatic heterocycles. The third-order valence-electron chi connectivity index (χ3n) is 1.90. The van der Waals surface area contributed by atoms with Gasteiger partial charge in [0.15, 0.2) is 6.04 Å². The van der Waals surface area contributed by atoms with Crippen LogP contribution in [0.2, 0.25) is 0 Å². The zero-order valence-corrected chi connectivity index (χ0v) is 8.94. The number of hydrogen-bond acceptors (Lipinski definition) is 3. The quantitative estimate of drug-likeness (QED) is 0.685. The highest BCUT2D eigenvalue weighted by Gasteiger charge is 2.21. The summed E-state index contributed by atoms with van der Waals surface area (Å²) in [6, 6.07) is 4.37. The first kappa shape index (κ1) is 12.3. The molecule has 5 nitrogen and oxygen atoms in total. The number of hydrogen-bond donors (Lipinski definition) is 3. The SMILES string of the molecule is O=C(CCl)NC(C(=O)O)c1ccc(O)cc1. The van der Waals surface area contributed by atoms with Crippen molar-refractivity contribution in [3.8, 4) is 5.75 Å². The first-order valence-electron chi connectivity index (χ1n) is 4.41. The summed E-state index contributed by atoms with van der Waals surface area (Å²) in [6.07, 6.45) is 0. The molecule has 0 aliphatic heterocycles. The Morgan fingerprint density at radius 1 is 1.31 bits per heavy atom. The summed E-state index contributed by atoms with van der Waals surface area (Å²) in [6.45, 7) is 0. The molecule has 0 aliphatic rings. The third-order valence-corrected chi connectivity index (χ3v) is 2.14. The predicted octanol–water partition coefficient (Wildman–Crippen LogP) is 0.873. The molecule has 16 heavy (non-hydrogen) atoms. The summed E-state index contributed by atoms with van der Waals surface area (Å²) in [5, 5.41) is 20.2. The van der Waals surface area contributed by atoms with Gasteiger partial charge in [0.05, 0.1) is 0 Å². The maximum Gasteiger partial charge on any atom is 0.330 e. The number of carboxylic acids is 1. The second kappa shape index (κ2) is 5.37. The van der Waals surface area contributed by atoms with E-state index in [9.17, 15) is 9.59 Å². The van der Waals surface area contributed by atoms with Crippen molar-refractivity contribution in [3.63, 3.8) is 0 Å². The van der Waals surface area contributed by atoms with Crippen molar-refractivity contribution in [3.05, 3.63) is 29.8 Å². The summed E-state index contributed by atoms with van der Waals surface area (Å²) in [5.41, 5.74) is 0.365. The van der Waals surface area contributed by atoms with Gasteiger partial charge in [-0.25, -0.2) is 4.79 Å². The van der Waals surface area contributed by atoms with Gasteiger partial charge in [0.25, 0.3) is 0 Å². The van der Waals surface area contributed by atoms with E-state index in [0.29, 0.717) is 5.56 Å². The van der Waals surface area contributed by atoms with E-state index in [1.165, 1.54) is 24.3 Å². The minimum Gasteiger partial charge on any atom is -0.508 e. The molecular formula is C10H10ClNO4. The van der Waals surface area contributed by atoms with E-state index in [1.807, 2.05) is 0 Å². The molecule has 1 unspecified atom stereocenters. The number of halogens is 1. The molecular weight excluding hydrogens is 234 g/mol. The highest BCUT2D eigenvalue weighted by atomic mass is 35.5. The van der Waals surface area contributed by atoms with E-state index in [-0.39, 0.29) is 11.6 Å². The van der Waals surface area contributed by atoms with Crippen molar-refractivity contribution < 1.29 is 19.8 Å². The van der Waals surface area contributed by atoms with E-state index < -0.39 is 17.9 Å². The molecule has 0 radical (unpaired) electrons. The van der Waals surface area contributed by atoms with Gasteiger partial charge in [-0.1, -0.05) is 12.1 Å². The van der Waals surface area contributed by atoms with Gasteiger partial charge in [-0.05, 0) is 17.7 Å². The Bertz CT molecular complexity index is 390. The Kier molecular flexibility index (Phi) is 4.13. The van der Waals surface area contributed by atoms with Crippen molar-refractivity contribution in [1.82, 2.24) is 5.32 Å². The first-order valence-corrected chi connectivity index (χ1v) is 4.95. The summed E-state index contributed by atoms with van der Waals surface area (Å²) in [4.78, 5) is 21.9. The van der Waals surface area contributed by atoms with Crippen LogP contribution in [-0.4, -0.2) is 28.0 Å². The number of phenolic OH excluding ortho intramolecular Hbond substituents is 1. The maximum atomic E-state index is 11.0. The molecule has 6 heteroatoms. The van der Waals surface area contributed by atoms with Crippen LogP contribution in [0.15, 0.2) is 24.3 Å². The van der Waals surface area contributed by atoms with E-state index in [0.717, 1.165) is 0 Å². The smallest absolute Gasteiger partial charge is 0.330 e. The maximum absolute atomic E-state index is 11.0. The minimum atomic E-state index is -1.19. The fraction of sp³-hybridized carbons (Fsp3) is 0.200. The van der Waals surface area contributed by atoms with Gasteiger partial charge in [-0.2, -0.15) is 0 Å². The number of aliphatic carboxylic acids is 1. The van der Waals surface area contributed by atoms with E-state index in [2.05, 4.69) is 5.32 Å². The van der Waals surface area contributed by atoms with Crippen LogP contribution in [0.1, 0.15) is 11.6 Å². The topological polar surface area (TPSA) is 86.6 Å². The summed E-state index contributed by atoms with van der Waals surface area (Å²) < 4.78 is 0. The van der Waals surface area contributed by atoms with Gasteiger partial charge in [0, 0.05) is 0 Å².